The largest absolute Gasteiger partial charge is 0.479 e. The van der Waals surface area contributed by atoms with E-state index in [1.54, 1.807) is 0 Å². The van der Waals surface area contributed by atoms with Crippen molar-refractivity contribution in [2.24, 2.45) is 0 Å². The second-order valence-corrected chi connectivity index (χ2v) is 3.69. The second kappa shape index (κ2) is 3.84. The van der Waals surface area contributed by atoms with Gasteiger partial charge >= 0.3 is 11.9 Å². The molecule has 2 N–H and O–H groups in total. The third-order valence-corrected chi connectivity index (χ3v) is 1.31. The topological polar surface area (TPSA) is 74.6 Å². The molecule has 0 radical (unpaired) electrons. The number of aliphatic carboxylic acids is 2. The highest BCUT2D eigenvalue weighted by Crippen LogP contribution is 2.06. The SMILES string of the molecule is O=C(O)C[N+]([S-])(S)CC(=O)O. The van der Waals surface area contributed by atoms with Gasteiger partial charge in [0.2, 0.25) is 0 Å². The van der Waals surface area contributed by atoms with E-state index in [1.165, 1.54) is 0 Å². The fourth-order valence-electron chi connectivity index (χ4n) is 0.479. The molecule has 0 saturated carbocycles. The summed E-state index contributed by atoms with van der Waals surface area (Å²) in [6.45, 7) is -0.991. The Morgan fingerprint density at radius 1 is 1.27 bits per heavy atom. The molecule has 0 bridgehead atoms. The van der Waals surface area contributed by atoms with Crippen molar-refractivity contribution in [1.82, 2.24) is 0 Å². The minimum Gasteiger partial charge on any atom is -0.479 e. The number of quaternary nitrogens is 1. The van der Waals surface area contributed by atoms with Crippen LogP contribution in [-0.2, 0) is 22.4 Å². The fraction of sp³-hybridized carbons (Fsp3) is 0.500. The van der Waals surface area contributed by atoms with E-state index < -0.39 is 28.3 Å². The number of thiol groups is 1. The number of carboxylic acids is 2. The van der Waals surface area contributed by atoms with Gasteiger partial charge in [-0.25, -0.2) is 9.59 Å². The number of hydrogen-bond donors (Lipinski definition) is 3. The monoisotopic (exact) mass is 197 g/mol. The first-order chi connectivity index (χ1) is 4.83. The van der Waals surface area contributed by atoms with Crippen molar-refractivity contribution in [3.05, 3.63) is 0 Å². The van der Waals surface area contributed by atoms with E-state index >= 15 is 0 Å². The van der Waals surface area contributed by atoms with E-state index in [1.807, 2.05) is 0 Å². The van der Waals surface area contributed by atoms with Gasteiger partial charge in [0, 0.05) is 12.8 Å². The van der Waals surface area contributed by atoms with Crippen LogP contribution < -0.4 is 0 Å². The molecule has 7 heteroatoms. The van der Waals surface area contributed by atoms with Crippen LogP contribution in [0.4, 0.5) is 0 Å². The van der Waals surface area contributed by atoms with E-state index in [0.717, 1.165) is 0 Å². The van der Waals surface area contributed by atoms with Crippen LogP contribution in [0, 0.1) is 0 Å². The molecule has 0 saturated heterocycles. The Kier molecular flexibility index (Phi) is 3.70. The number of nitrogens with zero attached hydrogens (tertiary/aromatic N) is 1. The zero-order chi connectivity index (χ0) is 9.07. The molecule has 64 valence electrons. The molecular weight excluding hydrogens is 190 g/mol. The number of hydrogen-bond acceptors (Lipinski definition) is 4. The summed E-state index contributed by atoms with van der Waals surface area (Å²) in [5.41, 5.74) is 0. The first-order valence-electron chi connectivity index (χ1n) is 2.58. The predicted octanol–water partition coefficient (Wildman–Crippen LogP) is -0.721. The molecule has 0 aromatic heterocycles. The van der Waals surface area contributed by atoms with E-state index in [2.05, 4.69) is 25.6 Å². The number of carbonyl (C=O) groups is 2. The van der Waals surface area contributed by atoms with Crippen LogP contribution in [0.25, 0.3) is 0 Å². The normalized spacial score (nSPS) is 11.1. The van der Waals surface area contributed by atoms with Crippen molar-refractivity contribution in [2.45, 2.75) is 0 Å². The minimum absolute atomic E-state index is 0.495. The summed E-state index contributed by atoms with van der Waals surface area (Å²) in [7, 11) is 0. The Morgan fingerprint density at radius 3 is 1.73 bits per heavy atom. The molecule has 0 aromatic rings. The van der Waals surface area contributed by atoms with Gasteiger partial charge < -0.3 is 26.3 Å². The maximum Gasteiger partial charge on any atom is 0.358 e. The van der Waals surface area contributed by atoms with Crippen LogP contribution in [-0.4, -0.2) is 38.5 Å². The third-order valence-electron chi connectivity index (χ3n) is 0.765. The van der Waals surface area contributed by atoms with Crippen molar-refractivity contribution in [3.63, 3.8) is 0 Å². The molecule has 5 nitrogen and oxygen atoms in total. The molecule has 11 heavy (non-hydrogen) atoms. The van der Waals surface area contributed by atoms with Gasteiger partial charge in [-0.1, -0.05) is 0 Å². The zero-order valence-corrected chi connectivity index (χ0v) is 7.14. The molecule has 0 aliphatic rings. The summed E-state index contributed by atoms with van der Waals surface area (Å²) in [6, 6.07) is 0. The second-order valence-electron chi connectivity index (χ2n) is 1.95. The Bertz CT molecular complexity index is 163. The van der Waals surface area contributed by atoms with Gasteiger partial charge in [0.25, 0.3) is 0 Å². The predicted molar refractivity (Wildman–Crippen MR) is 41.6 cm³/mol. The first kappa shape index (κ1) is 10.6. The molecule has 0 aromatic carbocycles. The standard InChI is InChI=1S/C4H7NO4S2/c6-3(7)1-5(10,11)2-4(8)9/h10H,1-2H2,(H,6,7)(H,8,9). The first-order valence-corrected chi connectivity index (χ1v) is 3.34. The highest BCUT2D eigenvalue weighted by atomic mass is 32.2. The van der Waals surface area contributed by atoms with Crippen molar-refractivity contribution in [3.8, 4) is 0 Å². The quantitative estimate of drug-likeness (QED) is 0.315. The maximum atomic E-state index is 10.1. The zero-order valence-electron chi connectivity index (χ0n) is 5.43. The van der Waals surface area contributed by atoms with Gasteiger partial charge in [-0.05, 0) is 0 Å². The Hall–Kier alpha value is -0.400. The Balaban J connectivity index is 3.99. The van der Waals surface area contributed by atoms with E-state index in [-0.39, 0.29) is 0 Å². The van der Waals surface area contributed by atoms with Crippen molar-refractivity contribution in [2.75, 3.05) is 13.1 Å². The summed E-state index contributed by atoms with van der Waals surface area (Å²) < 4.78 is -0.759. The highest BCUT2D eigenvalue weighted by molar-refractivity contribution is 7.80. The summed E-state index contributed by atoms with van der Waals surface area (Å²) in [5.74, 6) is -2.34. The van der Waals surface area contributed by atoms with Gasteiger partial charge in [-0.15, -0.1) is 0 Å². The highest BCUT2D eigenvalue weighted by Gasteiger charge is 2.18. The average Bonchev–Trinajstić information content (AvgIpc) is 1.53. The molecular formula is C4H7NO4S2. The van der Waals surface area contributed by atoms with Gasteiger partial charge in [0.1, 0.15) is 0 Å². The van der Waals surface area contributed by atoms with Crippen molar-refractivity contribution < 1.29 is 23.1 Å². The lowest BCUT2D eigenvalue weighted by atomic mass is 10.6. The van der Waals surface area contributed by atoms with Crippen LogP contribution in [0.15, 0.2) is 0 Å². The molecule has 0 aliphatic carbocycles. The molecule has 0 atom stereocenters. The smallest absolute Gasteiger partial charge is 0.358 e. The summed E-state index contributed by atoms with van der Waals surface area (Å²) in [4.78, 5) is 20.1. The lowest BCUT2D eigenvalue weighted by Crippen LogP contribution is -2.41. The van der Waals surface area contributed by atoms with E-state index in [4.69, 9.17) is 10.2 Å². The number of carboxylic acid groups (broad SMARTS) is 2. The van der Waals surface area contributed by atoms with Gasteiger partial charge in [0.05, 0.1) is 0 Å². The molecule has 0 spiro atoms. The maximum absolute atomic E-state index is 10.1. The van der Waals surface area contributed by atoms with Crippen LogP contribution in [0.3, 0.4) is 0 Å². The van der Waals surface area contributed by atoms with Crippen LogP contribution in [0.1, 0.15) is 0 Å². The van der Waals surface area contributed by atoms with Gasteiger partial charge in [-0.2, -0.15) is 0 Å². The lowest BCUT2D eigenvalue weighted by Gasteiger charge is -2.33. The van der Waals surface area contributed by atoms with E-state index in [0.29, 0.717) is 0 Å². The summed E-state index contributed by atoms with van der Waals surface area (Å²) in [6.07, 6.45) is 0. The Labute approximate surface area is 74.3 Å². The molecule has 0 rings (SSSR count). The van der Waals surface area contributed by atoms with Gasteiger partial charge in [-0.3, -0.25) is 0 Å². The van der Waals surface area contributed by atoms with E-state index in [9.17, 15) is 9.59 Å². The number of rotatable bonds is 4. The van der Waals surface area contributed by atoms with Crippen LogP contribution in [0.5, 0.6) is 0 Å². The lowest BCUT2D eigenvalue weighted by molar-refractivity contribution is -0.624. The average molecular weight is 197 g/mol. The minimum atomic E-state index is -1.17. The fourth-order valence-corrected chi connectivity index (χ4v) is 0.941. The molecule has 0 heterocycles. The van der Waals surface area contributed by atoms with Crippen LogP contribution in [0.2, 0.25) is 0 Å². The molecule has 0 amide bonds. The molecule has 0 fully saturated rings. The van der Waals surface area contributed by atoms with Crippen LogP contribution >= 0.6 is 12.8 Å². The summed E-state index contributed by atoms with van der Waals surface area (Å²) in [5, 5.41) is 16.5. The van der Waals surface area contributed by atoms with Gasteiger partial charge in [0.15, 0.2) is 13.1 Å². The Morgan fingerprint density at radius 2 is 1.55 bits per heavy atom. The third kappa shape index (κ3) is 6.02. The van der Waals surface area contributed by atoms with Crippen molar-refractivity contribution >= 4 is 37.6 Å². The van der Waals surface area contributed by atoms with Crippen molar-refractivity contribution in [1.29, 1.82) is 0 Å². The molecule has 0 unspecified atom stereocenters. The summed E-state index contributed by atoms with van der Waals surface area (Å²) >= 11 is 8.19. The molecule has 0 aliphatic heterocycles.